The molecule has 4 heteroatoms. The van der Waals surface area contributed by atoms with Crippen LogP contribution in [0.4, 0.5) is 0 Å². The second-order valence-electron chi connectivity index (χ2n) is 6.47. The normalized spacial score (nSPS) is 22.5. The number of rotatable bonds is 3. The van der Waals surface area contributed by atoms with Crippen LogP contribution in [0.2, 0.25) is 0 Å². The first-order valence-electron chi connectivity index (χ1n) is 7.64. The van der Waals surface area contributed by atoms with Crippen LogP contribution < -0.4 is 5.32 Å². The van der Waals surface area contributed by atoms with E-state index in [9.17, 15) is 8.42 Å². The van der Waals surface area contributed by atoms with Gasteiger partial charge in [-0.05, 0) is 87.4 Å². The minimum atomic E-state index is -2.85. The molecule has 0 spiro atoms. The lowest BCUT2D eigenvalue weighted by atomic mass is 9.82. The van der Waals surface area contributed by atoms with Gasteiger partial charge in [-0.1, -0.05) is 0 Å². The maximum absolute atomic E-state index is 11.8. The quantitative estimate of drug-likeness (QED) is 0.934. The Morgan fingerprint density at radius 3 is 1.81 bits per heavy atom. The molecule has 1 aliphatic rings. The Labute approximate surface area is 129 Å². The molecule has 2 rings (SSSR count). The minimum absolute atomic E-state index is 0.125. The molecule has 0 aromatic heterocycles. The van der Waals surface area contributed by atoms with E-state index in [1.54, 1.807) is 0 Å². The molecule has 0 amide bonds. The zero-order valence-electron chi connectivity index (χ0n) is 14.0. The summed E-state index contributed by atoms with van der Waals surface area (Å²) >= 11 is 0. The maximum Gasteiger partial charge on any atom is 0.150 e. The van der Waals surface area contributed by atoms with E-state index < -0.39 is 9.84 Å². The van der Waals surface area contributed by atoms with Crippen LogP contribution in [-0.4, -0.2) is 27.0 Å². The topological polar surface area (TPSA) is 46.2 Å². The van der Waals surface area contributed by atoms with Crippen LogP contribution in [0.3, 0.4) is 0 Å². The van der Waals surface area contributed by atoms with Gasteiger partial charge in [0.2, 0.25) is 0 Å². The van der Waals surface area contributed by atoms with Crippen molar-refractivity contribution in [1.29, 1.82) is 0 Å². The lowest BCUT2D eigenvalue weighted by molar-refractivity contribution is 0.415. The second kappa shape index (κ2) is 5.73. The Bertz CT molecular complexity index is 633. The molecule has 0 aliphatic carbocycles. The SMILES string of the molecule is CNC(c1c(C)c(C)c(C)c(C)c1C)C1CCS(=O)(=O)C1. The van der Waals surface area contributed by atoms with Crippen LogP contribution >= 0.6 is 0 Å². The summed E-state index contributed by atoms with van der Waals surface area (Å²) in [5.41, 5.74) is 7.92. The van der Waals surface area contributed by atoms with Gasteiger partial charge in [-0.15, -0.1) is 0 Å². The van der Waals surface area contributed by atoms with Gasteiger partial charge in [0.15, 0.2) is 9.84 Å². The van der Waals surface area contributed by atoms with Gasteiger partial charge in [0.25, 0.3) is 0 Å². The fraction of sp³-hybridized carbons (Fsp3) is 0.647. The highest BCUT2D eigenvalue weighted by Crippen LogP contribution is 2.37. The molecule has 1 aromatic carbocycles. The Kier molecular flexibility index (Phi) is 4.50. The van der Waals surface area contributed by atoms with Crippen molar-refractivity contribution < 1.29 is 8.42 Å². The van der Waals surface area contributed by atoms with Crippen molar-refractivity contribution in [2.24, 2.45) is 5.92 Å². The summed E-state index contributed by atoms with van der Waals surface area (Å²) in [5, 5.41) is 3.39. The van der Waals surface area contributed by atoms with E-state index >= 15 is 0 Å². The van der Waals surface area contributed by atoms with Crippen molar-refractivity contribution in [1.82, 2.24) is 5.32 Å². The summed E-state index contributed by atoms with van der Waals surface area (Å²) in [6.07, 6.45) is 0.763. The number of hydrogen-bond donors (Lipinski definition) is 1. The Morgan fingerprint density at radius 1 is 0.952 bits per heavy atom. The van der Waals surface area contributed by atoms with E-state index in [4.69, 9.17) is 0 Å². The van der Waals surface area contributed by atoms with Gasteiger partial charge >= 0.3 is 0 Å². The first-order chi connectivity index (χ1) is 9.69. The van der Waals surface area contributed by atoms with Gasteiger partial charge in [0.05, 0.1) is 11.5 Å². The van der Waals surface area contributed by atoms with Crippen molar-refractivity contribution in [2.75, 3.05) is 18.6 Å². The summed E-state index contributed by atoms with van der Waals surface area (Å²) < 4.78 is 23.6. The molecule has 2 atom stereocenters. The molecule has 3 nitrogen and oxygen atoms in total. The Morgan fingerprint density at radius 2 is 1.43 bits per heavy atom. The molecule has 0 bridgehead atoms. The third-order valence-corrected chi connectivity index (χ3v) is 7.21. The fourth-order valence-electron chi connectivity index (χ4n) is 3.70. The monoisotopic (exact) mass is 309 g/mol. The zero-order chi connectivity index (χ0) is 15.9. The highest BCUT2D eigenvalue weighted by Gasteiger charge is 2.35. The third-order valence-electron chi connectivity index (χ3n) is 5.42. The van der Waals surface area contributed by atoms with Crippen LogP contribution in [0.5, 0.6) is 0 Å². The number of benzene rings is 1. The second-order valence-corrected chi connectivity index (χ2v) is 8.70. The van der Waals surface area contributed by atoms with Gasteiger partial charge in [0.1, 0.15) is 0 Å². The smallest absolute Gasteiger partial charge is 0.150 e. The predicted molar refractivity (Wildman–Crippen MR) is 88.7 cm³/mol. The summed E-state index contributed by atoms with van der Waals surface area (Å²) in [4.78, 5) is 0. The number of sulfone groups is 1. The third kappa shape index (κ3) is 2.88. The predicted octanol–water partition coefficient (Wildman–Crippen LogP) is 2.92. The summed E-state index contributed by atoms with van der Waals surface area (Å²) in [5.74, 6) is 0.820. The number of hydrogen-bond acceptors (Lipinski definition) is 3. The van der Waals surface area contributed by atoms with E-state index in [2.05, 4.69) is 39.9 Å². The van der Waals surface area contributed by atoms with Crippen LogP contribution in [0.25, 0.3) is 0 Å². The molecule has 1 fully saturated rings. The minimum Gasteiger partial charge on any atom is -0.313 e. The Hall–Kier alpha value is -0.870. The van der Waals surface area contributed by atoms with E-state index in [0.717, 1.165) is 6.42 Å². The van der Waals surface area contributed by atoms with Gasteiger partial charge in [0, 0.05) is 6.04 Å². The van der Waals surface area contributed by atoms with Gasteiger partial charge in [-0.3, -0.25) is 0 Å². The molecule has 118 valence electrons. The first kappa shape index (κ1) is 16.5. The summed E-state index contributed by atoms with van der Waals surface area (Å²) in [7, 11) is -0.909. The molecular weight excluding hydrogens is 282 g/mol. The van der Waals surface area contributed by atoms with Crippen molar-refractivity contribution in [3.05, 3.63) is 33.4 Å². The van der Waals surface area contributed by atoms with Crippen LogP contribution in [-0.2, 0) is 9.84 Å². The van der Waals surface area contributed by atoms with Crippen LogP contribution in [0.15, 0.2) is 0 Å². The summed E-state index contributed by atoms with van der Waals surface area (Å²) in [6.45, 7) is 10.8. The fourth-order valence-corrected chi connectivity index (χ4v) is 5.54. The lowest BCUT2D eigenvalue weighted by Gasteiger charge is -2.29. The largest absolute Gasteiger partial charge is 0.313 e. The van der Waals surface area contributed by atoms with E-state index in [1.165, 1.54) is 33.4 Å². The highest BCUT2D eigenvalue weighted by atomic mass is 32.2. The average Bonchev–Trinajstić information content (AvgIpc) is 2.79. The van der Waals surface area contributed by atoms with Gasteiger partial charge in [-0.2, -0.15) is 0 Å². The summed E-state index contributed by atoms with van der Waals surface area (Å²) in [6, 6.07) is 0.125. The first-order valence-corrected chi connectivity index (χ1v) is 9.46. The highest BCUT2D eigenvalue weighted by molar-refractivity contribution is 7.91. The maximum atomic E-state index is 11.8. The zero-order valence-corrected chi connectivity index (χ0v) is 14.8. The molecule has 1 aliphatic heterocycles. The standard InChI is InChI=1S/C17H27NO2S/c1-10-11(2)13(4)16(14(5)12(10)3)17(18-6)15-7-8-21(19,20)9-15/h15,17-18H,7-9H2,1-6H3. The van der Waals surface area contributed by atoms with Crippen molar-refractivity contribution in [2.45, 2.75) is 47.1 Å². The lowest BCUT2D eigenvalue weighted by Crippen LogP contribution is -2.28. The van der Waals surface area contributed by atoms with Gasteiger partial charge in [-0.25, -0.2) is 8.42 Å². The molecule has 21 heavy (non-hydrogen) atoms. The van der Waals surface area contributed by atoms with Crippen molar-refractivity contribution in [3.8, 4) is 0 Å². The molecular formula is C17H27NO2S. The van der Waals surface area contributed by atoms with E-state index in [0.29, 0.717) is 11.5 Å². The molecule has 1 saturated heterocycles. The Balaban J connectivity index is 2.54. The van der Waals surface area contributed by atoms with Gasteiger partial charge < -0.3 is 5.32 Å². The van der Waals surface area contributed by atoms with E-state index in [1.807, 2.05) is 7.05 Å². The average molecular weight is 309 g/mol. The molecule has 1 heterocycles. The van der Waals surface area contributed by atoms with Crippen molar-refractivity contribution in [3.63, 3.8) is 0 Å². The molecule has 1 aromatic rings. The molecule has 1 N–H and O–H groups in total. The van der Waals surface area contributed by atoms with Crippen molar-refractivity contribution >= 4 is 9.84 Å². The van der Waals surface area contributed by atoms with Crippen LogP contribution in [0, 0.1) is 40.5 Å². The number of nitrogens with one attached hydrogen (secondary N) is 1. The molecule has 0 saturated carbocycles. The van der Waals surface area contributed by atoms with E-state index in [-0.39, 0.29) is 12.0 Å². The molecule has 2 unspecified atom stereocenters. The molecule has 0 radical (unpaired) electrons. The van der Waals surface area contributed by atoms with Crippen LogP contribution in [0.1, 0.15) is 45.8 Å².